The van der Waals surface area contributed by atoms with Crippen LogP contribution in [-0.2, 0) is 9.63 Å². The normalized spacial score (nSPS) is 23.3. The summed E-state index contributed by atoms with van der Waals surface area (Å²) in [5.74, 6) is 0.522. The number of hydroxylamine groups is 2. The van der Waals surface area contributed by atoms with E-state index in [-0.39, 0.29) is 17.0 Å². The van der Waals surface area contributed by atoms with E-state index in [0.717, 1.165) is 18.8 Å². The highest BCUT2D eigenvalue weighted by Crippen LogP contribution is 2.43. The summed E-state index contributed by atoms with van der Waals surface area (Å²) < 4.78 is 0. The molecule has 1 rings (SSSR count). The van der Waals surface area contributed by atoms with Gasteiger partial charge in [-0.05, 0) is 46.5 Å². The fraction of sp³-hybridized carbons (Fsp3) is 0.938. The number of carbonyl (C=O) groups excluding carboxylic acids is 1. The zero-order valence-electron chi connectivity index (χ0n) is 13.6. The molecule has 0 aliphatic carbocycles. The number of hydrogen-bond acceptors (Lipinski definition) is 3. The standard InChI is InChI=1S/C16H31NO2/c1-7-8-9-10-14-11-15(3,4)17(19-13(2)18)16(5,6)12-14/h14H,7-12H2,1-6H3. The lowest BCUT2D eigenvalue weighted by atomic mass is 9.73. The maximum absolute atomic E-state index is 11.3. The van der Waals surface area contributed by atoms with Crippen molar-refractivity contribution in [3.05, 3.63) is 0 Å². The van der Waals surface area contributed by atoms with Crippen molar-refractivity contribution in [3.63, 3.8) is 0 Å². The zero-order chi connectivity index (χ0) is 14.7. The van der Waals surface area contributed by atoms with Crippen LogP contribution >= 0.6 is 0 Å². The lowest BCUT2D eigenvalue weighted by molar-refractivity contribution is -0.270. The van der Waals surface area contributed by atoms with Crippen LogP contribution in [0.15, 0.2) is 0 Å². The molecule has 1 heterocycles. The molecule has 1 saturated heterocycles. The summed E-state index contributed by atoms with van der Waals surface area (Å²) in [5, 5.41) is 1.93. The van der Waals surface area contributed by atoms with E-state index in [1.54, 1.807) is 0 Å². The molecular weight excluding hydrogens is 238 g/mol. The minimum atomic E-state index is -0.217. The minimum absolute atomic E-state index is 0.0791. The van der Waals surface area contributed by atoms with Crippen molar-refractivity contribution in [2.45, 2.75) is 91.1 Å². The van der Waals surface area contributed by atoms with Gasteiger partial charge in [-0.15, -0.1) is 5.06 Å². The molecule has 112 valence electrons. The Hall–Kier alpha value is -0.570. The smallest absolute Gasteiger partial charge is 0.322 e. The average Bonchev–Trinajstić information content (AvgIpc) is 2.23. The van der Waals surface area contributed by atoms with Gasteiger partial charge >= 0.3 is 5.97 Å². The molecular formula is C16H31NO2. The van der Waals surface area contributed by atoms with E-state index in [1.165, 1.54) is 32.6 Å². The summed E-state index contributed by atoms with van der Waals surface area (Å²) in [6.45, 7) is 12.5. The monoisotopic (exact) mass is 269 g/mol. The predicted octanol–water partition coefficient (Wildman–Crippen LogP) is 4.31. The first-order valence-corrected chi connectivity index (χ1v) is 7.68. The minimum Gasteiger partial charge on any atom is -0.367 e. The summed E-state index contributed by atoms with van der Waals surface area (Å²) in [4.78, 5) is 16.8. The molecule has 0 spiro atoms. The third-order valence-corrected chi connectivity index (χ3v) is 4.11. The summed E-state index contributed by atoms with van der Waals surface area (Å²) in [7, 11) is 0. The van der Waals surface area contributed by atoms with Crippen molar-refractivity contribution in [1.29, 1.82) is 0 Å². The Labute approximate surface area is 118 Å². The van der Waals surface area contributed by atoms with Crippen LogP contribution in [0.3, 0.4) is 0 Å². The van der Waals surface area contributed by atoms with Crippen LogP contribution in [0, 0.1) is 5.92 Å². The molecule has 0 aromatic heterocycles. The highest BCUT2D eigenvalue weighted by atomic mass is 16.7. The molecule has 1 aliphatic rings. The van der Waals surface area contributed by atoms with Gasteiger partial charge in [-0.25, -0.2) is 0 Å². The topological polar surface area (TPSA) is 29.5 Å². The third-order valence-electron chi connectivity index (χ3n) is 4.11. The molecule has 0 aromatic carbocycles. The van der Waals surface area contributed by atoms with E-state index in [9.17, 15) is 4.79 Å². The molecule has 0 atom stereocenters. The highest BCUT2D eigenvalue weighted by Gasteiger charge is 2.47. The van der Waals surface area contributed by atoms with Crippen LogP contribution in [0.25, 0.3) is 0 Å². The van der Waals surface area contributed by atoms with E-state index in [2.05, 4.69) is 34.6 Å². The van der Waals surface area contributed by atoms with Crippen LogP contribution in [0.1, 0.15) is 80.1 Å². The number of piperidine rings is 1. The van der Waals surface area contributed by atoms with Crippen LogP contribution in [-0.4, -0.2) is 22.1 Å². The van der Waals surface area contributed by atoms with Crippen LogP contribution in [0.4, 0.5) is 0 Å². The molecule has 0 unspecified atom stereocenters. The van der Waals surface area contributed by atoms with Crippen molar-refractivity contribution in [2.24, 2.45) is 5.92 Å². The van der Waals surface area contributed by atoms with Crippen molar-refractivity contribution >= 4 is 5.97 Å². The first-order valence-electron chi connectivity index (χ1n) is 7.68. The molecule has 1 aliphatic heterocycles. The Morgan fingerprint density at radius 3 is 2.11 bits per heavy atom. The van der Waals surface area contributed by atoms with Gasteiger partial charge in [-0.3, -0.25) is 4.79 Å². The second kappa shape index (κ2) is 6.25. The molecule has 19 heavy (non-hydrogen) atoms. The highest BCUT2D eigenvalue weighted by molar-refractivity contribution is 5.65. The molecule has 3 heteroatoms. The summed E-state index contributed by atoms with van der Waals surface area (Å²) >= 11 is 0. The summed E-state index contributed by atoms with van der Waals surface area (Å²) in [6.07, 6.45) is 7.43. The van der Waals surface area contributed by atoms with Gasteiger partial charge in [0.1, 0.15) is 0 Å². The van der Waals surface area contributed by atoms with E-state index in [1.807, 2.05) is 5.06 Å². The Bertz CT molecular complexity index is 292. The van der Waals surface area contributed by atoms with E-state index in [0.29, 0.717) is 0 Å². The lowest BCUT2D eigenvalue weighted by Crippen LogP contribution is -2.60. The third kappa shape index (κ3) is 4.48. The van der Waals surface area contributed by atoms with Crippen LogP contribution < -0.4 is 0 Å². The second-order valence-electron chi connectivity index (χ2n) is 7.27. The number of nitrogens with zero attached hydrogens (tertiary/aromatic N) is 1. The molecule has 0 amide bonds. The van der Waals surface area contributed by atoms with Crippen molar-refractivity contribution in [2.75, 3.05) is 0 Å². The first kappa shape index (κ1) is 16.5. The lowest BCUT2D eigenvalue weighted by Gasteiger charge is -2.53. The van der Waals surface area contributed by atoms with Crippen molar-refractivity contribution in [1.82, 2.24) is 5.06 Å². The van der Waals surface area contributed by atoms with Gasteiger partial charge in [0.05, 0.1) is 11.1 Å². The molecule has 0 saturated carbocycles. The largest absolute Gasteiger partial charge is 0.367 e. The van der Waals surface area contributed by atoms with Gasteiger partial charge in [0.2, 0.25) is 0 Å². The zero-order valence-corrected chi connectivity index (χ0v) is 13.6. The van der Waals surface area contributed by atoms with Gasteiger partial charge in [0.15, 0.2) is 0 Å². The van der Waals surface area contributed by atoms with Crippen LogP contribution in [0.5, 0.6) is 0 Å². The number of carbonyl (C=O) groups is 1. The fourth-order valence-electron chi connectivity index (χ4n) is 3.73. The van der Waals surface area contributed by atoms with Gasteiger partial charge < -0.3 is 4.84 Å². The SMILES string of the molecule is CCCCCC1CC(C)(C)N(OC(C)=O)C(C)(C)C1. The molecule has 0 aromatic rings. The molecule has 0 bridgehead atoms. The Morgan fingerprint density at radius 2 is 1.68 bits per heavy atom. The summed E-state index contributed by atoms with van der Waals surface area (Å²) in [5.41, 5.74) is -0.158. The van der Waals surface area contributed by atoms with Gasteiger partial charge in [-0.2, -0.15) is 0 Å². The molecule has 0 N–H and O–H groups in total. The summed E-state index contributed by atoms with van der Waals surface area (Å²) in [6, 6.07) is 0. The molecule has 3 nitrogen and oxygen atoms in total. The Balaban J connectivity index is 2.72. The maximum Gasteiger partial charge on any atom is 0.322 e. The molecule has 0 radical (unpaired) electrons. The Morgan fingerprint density at radius 1 is 1.16 bits per heavy atom. The van der Waals surface area contributed by atoms with E-state index in [4.69, 9.17) is 4.84 Å². The van der Waals surface area contributed by atoms with E-state index >= 15 is 0 Å². The first-order chi connectivity index (χ1) is 8.69. The number of rotatable bonds is 5. The second-order valence-corrected chi connectivity index (χ2v) is 7.27. The van der Waals surface area contributed by atoms with Crippen molar-refractivity contribution in [3.8, 4) is 0 Å². The predicted molar refractivity (Wildman–Crippen MR) is 78.6 cm³/mol. The van der Waals surface area contributed by atoms with E-state index < -0.39 is 0 Å². The average molecular weight is 269 g/mol. The van der Waals surface area contributed by atoms with Gasteiger partial charge in [0.25, 0.3) is 0 Å². The van der Waals surface area contributed by atoms with Gasteiger partial charge in [0, 0.05) is 6.92 Å². The van der Waals surface area contributed by atoms with Gasteiger partial charge in [-0.1, -0.05) is 32.6 Å². The fourth-order valence-corrected chi connectivity index (χ4v) is 3.73. The molecule has 1 fully saturated rings. The number of hydrogen-bond donors (Lipinski definition) is 0. The van der Waals surface area contributed by atoms with Crippen molar-refractivity contribution < 1.29 is 9.63 Å². The quantitative estimate of drug-likeness (QED) is 0.696. The number of unbranched alkanes of at least 4 members (excludes halogenated alkanes) is 2. The Kier molecular flexibility index (Phi) is 5.43. The van der Waals surface area contributed by atoms with Crippen LogP contribution in [0.2, 0.25) is 0 Å². The maximum atomic E-state index is 11.3.